The standard InChI is InChI=1S/C28H22N4O5S/c1-27(25(33)30-26-29-18(15-38-26)14-17-10-12-19(13-11-17)31(34)35)16-28(32(36)37)22-8-4-2-6-20(22)24(27)21-7-3-5-9-23(21)28/h2-13,15,24H,14,16H2,1H3,(H,29,30,33). The fourth-order valence-corrected chi connectivity index (χ4v) is 6.88. The van der Waals surface area contributed by atoms with Crippen LogP contribution in [0.2, 0.25) is 0 Å². The number of rotatable bonds is 6. The number of nitro benzene ring substituents is 1. The van der Waals surface area contributed by atoms with Gasteiger partial charge in [0.25, 0.3) is 11.2 Å². The van der Waals surface area contributed by atoms with Crippen LogP contribution in [0.4, 0.5) is 10.8 Å². The zero-order chi connectivity index (χ0) is 26.7. The summed E-state index contributed by atoms with van der Waals surface area (Å²) < 4.78 is 0. The molecule has 0 spiro atoms. The van der Waals surface area contributed by atoms with Gasteiger partial charge in [0.15, 0.2) is 5.13 Å². The third-order valence-corrected chi connectivity index (χ3v) is 8.64. The Morgan fingerprint density at radius 1 is 1.00 bits per heavy atom. The molecule has 2 bridgehead atoms. The van der Waals surface area contributed by atoms with Gasteiger partial charge in [0, 0.05) is 52.3 Å². The Morgan fingerprint density at radius 3 is 2.18 bits per heavy atom. The lowest BCUT2D eigenvalue weighted by molar-refractivity contribution is -0.573. The highest BCUT2D eigenvalue weighted by atomic mass is 32.1. The molecule has 9 nitrogen and oxygen atoms in total. The number of carbonyl (C=O) groups is 1. The van der Waals surface area contributed by atoms with Crippen LogP contribution >= 0.6 is 11.3 Å². The highest BCUT2D eigenvalue weighted by Crippen LogP contribution is 2.64. The van der Waals surface area contributed by atoms with Gasteiger partial charge in [-0.25, -0.2) is 4.98 Å². The summed E-state index contributed by atoms with van der Waals surface area (Å²) in [6, 6.07) is 21.0. The van der Waals surface area contributed by atoms with E-state index in [0.29, 0.717) is 28.4 Å². The molecule has 0 fully saturated rings. The summed E-state index contributed by atoms with van der Waals surface area (Å²) in [4.78, 5) is 41.4. The van der Waals surface area contributed by atoms with E-state index in [1.54, 1.807) is 12.1 Å². The van der Waals surface area contributed by atoms with E-state index in [0.717, 1.165) is 16.7 Å². The van der Waals surface area contributed by atoms with Crippen LogP contribution in [-0.2, 0) is 16.8 Å². The molecule has 0 aliphatic heterocycles. The zero-order valence-corrected chi connectivity index (χ0v) is 21.1. The first-order chi connectivity index (χ1) is 18.2. The van der Waals surface area contributed by atoms with E-state index in [1.165, 1.54) is 23.5 Å². The SMILES string of the molecule is CC1(C(=O)Nc2nc(Cc3ccc([N+](=O)[O-])cc3)cs2)CC2([N+](=O)[O-])c3ccccc3C1c1ccccc12. The van der Waals surface area contributed by atoms with Crippen LogP contribution in [0, 0.1) is 25.6 Å². The number of fused-ring (bicyclic) bond motifs is 1. The average Bonchev–Trinajstić information content (AvgIpc) is 3.35. The second-order valence-electron chi connectivity index (χ2n) is 10.0. The van der Waals surface area contributed by atoms with Crippen LogP contribution in [0.15, 0.2) is 78.2 Å². The van der Waals surface area contributed by atoms with Gasteiger partial charge in [-0.3, -0.25) is 25.0 Å². The lowest BCUT2D eigenvalue weighted by Gasteiger charge is -2.52. The molecule has 1 atom stereocenters. The number of benzene rings is 3. The minimum absolute atomic E-state index is 0.0191. The summed E-state index contributed by atoms with van der Waals surface area (Å²) in [5.74, 6) is -0.648. The molecular formula is C28H22N4O5S. The number of nitro groups is 2. The van der Waals surface area contributed by atoms with Crippen molar-refractivity contribution in [1.29, 1.82) is 0 Å². The number of nitrogens with zero attached hydrogens (tertiary/aromatic N) is 3. The maximum Gasteiger partial charge on any atom is 0.273 e. The van der Waals surface area contributed by atoms with E-state index in [1.807, 2.05) is 60.8 Å². The van der Waals surface area contributed by atoms with Crippen LogP contribution in [0.1, 0.15) is 52.8 Å². The maximum atomic E-state index is 13.9. The van der Waals surface area contributed by atoms with E-state index in [2.05, 4.69) is 10.3 Å². The van der Waals surface area contributed by atoms with Crippen molar-refractivity contribution in [3.8, 4) is 0 Å². The molecule has 1 N–H and O–H groups in total. The third-order valence-electron chi connectivity index (χ3n) is 7.83. The van der Waals surface area contributed by atoms with Gasteiger partial charge in [-0.05, 0) is 23.6 Å². The second kappa shape index (κ2) is 8.56. The fourth-order valence-electron chi connectivity index (χ4n) is 6.18. The highest BCUT2D eigenvalue weighted by molar-refractivity contribution is 7.13. The Bertz CT molecular complexity index is 1570. The molecule has 190 valence electrons. The van der Waals surface area contributed by atoms with Crippen LogP contribution in [0.5, 0.6) is 0 Å². The summed E-state index contributed by atoms with van der Waals surface area (Å²) in [5.41, 5.74) is 1.92. The fraction of sp³-hybridized carbons (Fsp3) is 0.214. The Kier molecular flexibility index (Phi) is 5.39. The average molecular weight is 527 g/mol. The van der Waals surface area contributed by atoms with Crippen molar-refractivity contribution >= 4 is 28.1 Å². The number of hydrogen-bond donors (Lipinski definition) is 1. The van der Waals surface area contributed by atoms with Crippen molar-refractivity contribution in [3.05, 3.63) is 132 Å². The van der Waals surface area contributed by atoms with Crippen molar-refractivity contribution in [3.63, 3.8) is 0 Å². The van der Waals surface area contributed by atoms with E-state index in [9.17, 15) is 25.0 Å². The van der Waals surface area contributed by atoms with Gasteiger partial charge in [-0.15, -0.1) is 11.3 Å². The Hall–Kier alpha value is -4.44. The topological polar surface area (TPSA) is 128 Å². The number of anilines is 1. The van der Waals surface area contributed by atoms with Crippen LogP contribution in [0.3, 0.4) is 0 Å². The number of carbonyl (C=O) groups excluding carboxylic acids is 1. The molecule has 3 aliphatic rings. The van der Waals surface area contributed by atoms with Crippen molar-refractivity contribution in [1.82, 2.24) is 4.98 Å². The zero-order valence-electron chi connectivity index (χ0n) is 20.3. The Morgan fingerprint density at radius 2 is 1.61 bits per heavy atom. The molecule has 0 radical (unpaired) electrons. The number of amides is 1. The van der Waals surface area contributed by atoms with Gasteiger partial charge in [-0.1, -0.05) is 60.7 Å². The van der Waals surface area contributed by atoms with Crippen molar-refractivity contribution in [2.75, 3.05) is 5.32 Å². The monoisotopic (exact) mass is 526 g/mol. The number of hydrogen-bond acceptors (Lipinski definition) is 7. The molecule has 1 aromatic heterocycles. The Balaban J connectivity index is 1.32. The predicted molar refractivity (Wildman–Crippen MR) is 142 cm³/mol. The normalized spacial score (nSPS) is 22.8. The molecular weight excluding hydrogens is 504 g/mol. The molecule has 1 unspecified atom stereocenters. The van der Waals surface area contributed by atoms with Crippen LogP contribution in [-0.4, -0.2) is 20.7 Å². The quantitative estimate of drug-likeness (QED) is 0.255. The lowest BCUT2D eigenvalue weighted by atomic mass is 9.49. The number of aromatic nitrogens is 1. The van der Waals surface area contributed by atoms with Crippen LogP contribution < -0.4 is 5.32 Å². The van der Waals surface area contributed by atoms with Gasteiger partial charge in [0.2, 0.25) is 5.91 Å². The molecule has 10 heteroatoms. The second-order valence-corrected chi connectivity index (χ2v) is 10.9. The molecule has 0 saturated heterocycles. The maximum absolute atomic E-state index is 13.9. The number of thiazole rings is 1. The molecule has 3 aromatic carbocycles. The first-order valence-electron chi connectivity index (χ1n) is 12.1. The van der Waals surface area contributed by atoms with Gasteiger partial charge in [-0.2, -0.15) is 0 Å². The smallest absolute Gasteiger partial charge is 0.273 e. The molecule has 1 amide bonds. The van der Waals surface area contributed by atoms with Gasteiger partial charge in [0.1, 0.15) is 0 Å². The molecule has 0 saturated carbocycles. The summed E-state index contributed by atoms with van der Waals surface area (Å²) >= 11 is 1.28. The minimum atomic E-state index is -1.52. The first kappa shape index (κ1) is 23.9. The van der Waals surface area contributed by atoms with Crippen LogP contribution in [0.25, 0.3) is 0 Å². The molecule has 4 aromatic rings. The highest BCUT2D eigenvalue weighted by Gasteiger charge is 2.67. The molecule has 1 heterocycles. The van der Waals surface area contributed by atoms with E-state index in [4.69, 9.17) is 0 Å². The first-order valence-corrected chi connectivity index (χ1v) is 12.9. The lowest BCUT2D eigenvalue weighted by Crippen LogP contribution is -2.57. The number of non-ortho nitro benzene ring substituents is 1. The third kappa shape index (κ3) is 3.44. The summed E-state index contributed by atoms with van der Waals surface area (Å²) in [7, 11) is 0. The summed E-state index contributed by atoms with van der Waals surface area (Å²) in [6.07, 6.45) is 0.494. The van der Waals surface area contributed by atoms with Crippen molar-refractivity contribution in [2.45, 2.75) is 31.2 Å². The molecule has 7 rings (SSSR count). The van der Waals surface area contributed by atoms with Gasteiger partial charge < -0.3 is 5.32 Å². The van der Waals surface area contributed by atoms with E-state index < -0.39 is 15.9 Å². The van der Waals surface area contributed by atoms with Gasteiger partial charge >= 0.3 is 0 Å². The molecule has 38 heavy (non-hydrogen) atoms. The van der Waals surface area contributed by atoms with Gasteiger partial charge in [0.05, 0.1) is 16.0 Å². The summed E-state index contributed by atoms with van der Waals surface area (Å²) in [5, 5.41) is 28.9. The van der Waals surface area contributed by atoms with Crippen molar-refractivity contribution in [2.24, 2.45) is 5.41 Å². The number of nitrogens with one attached hydrogen (secondary N) is 1. The molecule has 3 aliphatic carbocycles. The largest absolute Gasteiger partial charge is 0.301 e. The van der Waals surface area contributed by atoms with Crippen molar-refractivity contribution < 1.29 is 14.6 Å². The summed E-state index contributed by atoms with van der Waals surface area (Å²) in [6.45, 7) is 1.81. The minimum Gasteiger partial charge on any atom is -0.301 e. The van der Waals surface area contributed by atoms with E-state index >= 15 is 0 Å². The Labute approximate surface area is 221 Å². The predicted octanol–water partition coefficient (Wildman–Crippen LogP) is 5.66. The van der Waals surface area contributed by atoms with E-state index in [-0.39, 0.29) is 28.9 Å².